The molecule has 1 N–H and O–H groups in total. The Morgan fingerprint density at radius 2 is 1.69 bits per heavy atom. The van der Waals surface area contributed by atoms with Gasteiger partial charge in [-0.3, -0.25) is 24.5 Å². The highest BCUT2D eigenvalue weighted by Gasteiger charge is 2.51. The average molecular weight is 545 g/mol. The van der Waals surface area contributed by atoms with Crippen LogP contribution in [0.1, 0.15) is 45.8 Å². The van der Waals surface area contributed by atoms with Crippen LogP contribution >= 0.6 is 11.6 Å². The minimum Gasteiger partial charge on any atom is -0.389 e. The first kappa shape index (κ1) is 29.1. The van der Waals surface area contributed by atoms with Gasteiger partial charge in [0.15, 0.2) is 0 Å². The van der Waals surface area contributed by atoms with Crippen molar-refractivity contribution in [1.29, 1.82) is 0 Å². The summed E-state index contributed by atoms with van der Waals surface area (Å²) in [6.45, 7) is 0. The number of rotatable bonds is 5. The molecule has 4 rings (SSSR count). The van der Waals surface area contributed by atoms with Gasteiger partial charge >= 0.3 is 5.92 Å². The van der Waals surface area contributed by atoms with Crippen molar-refractivity contribution in [3.63, 3.8) is 0 Å². The third-order valence-corrected chi connectivity index (χ3v) is 8.59. The van der Waals surface area contributed by atoms with Gasteiger partial charge < -0.3 is 9.71 Å². The van der Waals surface area contributed by atoms with Crippen molar-refractivity contribution in [2.45, 2.75) is 36.1 Å². The molecular formula is C22H25B7ClF2N3O4. The summed E-state index contributed by atoms with van der Waals surface area (Å²) in [5.41, 5.74) is 3.44. The Labute approximate surface area is 237 Å². The number of hydrogen-bond donors (Lipinski definition) is 1. The molecule has 17 heteroatoms. The molecule has 1 saturated heterocycles. The van der Waals surface area contributed by atoms with E-state index in [1.165, 1.54) is 25.0 Å². The number of benzene rings is 2. The molecule has 0 spiro atoms. The number of halogens is 3. The second-order valence-corrected chi connectivity index (χ2v) is 11.3. The van der Waals surface area contributed by atoms with Crippen molar-refractivity contribution in [3.05, 3.63) is 51.5 Å². The fourth-order valence-corrected chi connectivity index (χ4v) is 6.29. The number of carbonyl (C=O) groups is 4. The van der Waals surface area contributed by atoms with E-state index >= 15 is 8.78 Å². The van der Waals surface area contributed by atoms with E-state index in [9.17, 15) is 19.2 Å². The molecule has 2 aliphatic heterocycles. The van der Waals surface area contributed by atoms with Crippen LogP contribution in [-0.2, 0) is 25.6 Å². The molecule has 2 aromatic carbocycles. The van der Waals surface area contributed by atoms with Gasteiger partial charge in [0, 0.05) is 33.8 Å². The van der Waals surface area contributed by atoms with Gasteiger partial charge in [0.05, 0.1) is 0 Å². The SMILES string of the molecule is Bc1c(B)c(C(B)N(B)C(=O)C(F)(F)c2ccc(Cl)cc2)c(B)c2c1C(=O)N(C1CCC(=O)NC1=O)C2(B)B. The summed E-state index contributed by atoms with van der Waals surface area (Å²) in [7, 11) is 12.1. The predicted molar refractivity (Wildman–Crippen MR) is 164 cm³/mol. The second-order valence-electron chi connectivity index (χ2n) is 10.9. The lowest BCUT2D eigenvalue weighted by Gasteiger charge is -2.41. The number of hydrogen-bond acceptors (Lipinski definition) is 4. The van der Waals surface area contributed by atoms with Crippen LogP contribution in [0.25, 0.3) is 0 Å². The topological polar surface area (TPSA) is 86.8 Å². The highest BCUT2D eigenvalue weighted by atomic mass is 35.5. The van der Waals surface area contributed by atoms with Gasteiger partial charge in [-0.05, 0) is 29.7 Å². The Morgan fingerprint density at radius 1 is 1.10 bits per heavy atom. The minimum atomic E-state index is -3.78. The zero-order chi connectivity index (χ0) is 29.2. The molecular weight excluding hydrogens is 519 g/mol. The van der Waals surface area contributed by atoms with Crippen LogP contribution in [0.5, 0.6) is 0 Å². The van der Waals surface area contributed by atoms with Crippen molar-refractivity contribution < 1.29 is 28.0 Å². The van der Waals surface area contributed by atoms with Gasteiger partial charge in [-0.25, -0.2) is 0 Å². The van der Waals surface area contributed by atoms with Crippen LogP contribution in [-0.4, -0.2) is 94.4 Å². The highest BCUT2D eigenvalue weighted by molar-refractivity contribution is 6.57. The lowest BCUT2D eigenvalue weighted by atomic mass is 9.52. The molecule has 0 bridgehead atoms. The van der Waals surface area contributed by atoms with Crippen LogP contribution < -0.4 is 21.7 Å². The normalized spacial score (nSPS) is 19.4. The number of amides is 4. The maximum Gasteiger partial charge on any atom is 0.348 e. The van der Waals surface area contributed by atoms with E-state index in [-0.39, 0.29) is 29.7 Å². The van der Waals surface area contributed by atoms with Gasteiger partial charge in [-0.1, -0.05) is 40.1 Å². The monoisotopic (exact) mass is 545 g/mol. The van der Waals surface area contributed by atoms with Crippen molar-refractivity contribution in [2.75, 3.05) is 0 Å². The molecule has 2 aliphatic rings. The van der Waals surface area contributed by atoms with Crippen molar-refractivity contribution in [3.8, 4) is 0 Å². The van der Waals surface area contributed by atoms with E-state index in [2.05, 4.69) is 5.32 Å². The number of alkyl halides is 2. The Balaban J connectivity index is 1.76. The Kier molecular flexibility index (Phi) is 7.43. The van der Waals surface area contributed by atoms with Crippen LogP contribution in [0.3, 0.4) is 0 Å². The van der Waals surface area contributed by atoms with Gasteiger partial charge in [-0.2, -0.15) is 8.78 Å². The summed E-state index contributed by atoms with van der Waals surface area (Å²) in [5, 5.41) is 1.68. The number of piperidine rings is 1. The summed E-state index contributed by atoms with van der Waals surface area (Å²) in [5.74, 6) is -7.11. The van der Waals surface area contributed by atoms with Crippen molar-refractivity contribution in [2.24, 2.45) is 0 Å². The molecule has 2 unspecified atom stereocenters. The van der Waals surface area contributed by atoms with E-state index < -0.39 is 40.6 Å². The van der Waals surface area contributed by atoms with Crippen LogP contribution in [0.4, 0.5) is 8.78 Å². The number of carbonyl (C=O) groups excluding carboxylic acids is 4. The lowest BCUT2D eigenvalue weighted by Crippen LogP contribution is -2.59. The first-order valence-electron chi connectivity index (χ1n) is 12.8. The first-order chi connectivity index (χ1) is 18.0. The Morgan fingerprint density at radius 3 is 2.26 bits per heavy atom. The number of nitrogens with one attached hydrogen (secondary N) is 1. The fourth-order valence-electron chi connectivity index (χ4n) is 6.17. The average Bonchev–Trinajstić information content (AvgIpc) is 3.07. The molecule has 1 fully saturated rings. The summed E-state index contributed by atoms with van der Waals surface area (Å²) in [4.78, 5) is 53.9. The molecule has 0 radical (unpaired) electrons. The van der Waals surface area contributed by atoms with Gasteiger partial charge in [-0.15, -0.1) is 0 Å². The van der Waals surface area contributed by atoms with E-state index in [1.54, 1.807) is 23.5 Å². The summed E-state index contributed by atoms with van der Waals surface area (Å²) in [6, 6.07) is 4.07. The summed E-state index contributed by atoms with van der Waals surface area (Å²) in [6.07, 6.45) is 0.339. The van der Waals surface area contributed by atoms with Crippen LogP contribution in [0.15, 0.2) is 24.3 Å². The molecule has 7 nitrogen and oxygen atoms in total. The molecule has 4 amide bonds. The fraction of sp³-hybridized carbons (Fsp3) is 0.273. The zero-order valence-corrected chi connectivity index (χ0v) is 23.8. The third kappa shape index (κ3) is 4.54. The summed E-state index contributed by atoms with van der Waals surface area (Å²) >= 11 is 5.83. The minimum absolute atomic E-state index is 0.126. The molecule has 2 aromatic rings. The number of imide groups is 1. The molecule has 2 atom stereocenters. The molecule has 0 saturated carbocycles. The molecule has 39 heavy (non-hydrogen) atoms. The van der Waals surface area contributed by atoms with Crippen molar-refractivity contribution in [1.82, 2.24) is 15.0 Å². The zero-order valence-electron chi connectivity index (χ0n) is 23.0. The quantitative estimate of drug-likeness (QED) is 0.300. The largest absolute Gasteiger partial charge is 0.389 e. The lowest BCUT2D eigenvalue weighted by molar-refractivity contribution is -0.154. The van der Waals surface area contributed by atoms with Crippen LogP contribution in [0, 0.1) is 0 Å². The van der Waals surface area contributed by atoms with Crippen molar-refractivity contribution >= 4 is 107 Å². The van der Waals surface area contributed by atoms with Gasteiger partial charge in [0.2, 0.25) is 19.8 Å². The Hall–Kier alpha value is -2.88. The van der Waals surface area contributed by atoms with E-state index in [0.717, 1.165) is 16.9 Å². The van der Waals surface area contributed by atoms with E-state index in [4.69, 9.17) is 11.6 Å². The predicted octanol–water partition coefficient (Wildman–Crippen LogP) is -6.45. The second kappa shape index (κ2) is 9.95. The Bertz CT molecular complexity index is 1430. The van der Waals surface area contributed by atoms with E-state index in [0.29, 0.717) is 33.1 Å². The maximum absolute atomic E-state index is 15.3. The molecule has 194 valence electrons. The smallest absolute Gasteiger partial charge is 0.348 e. The highest BCUT2D eigenvalue weighted by Crippen LogP contribution is 2.37. The van der Waals surface area contributed by atoms with E-state index in [1.807, 2.05) is 23.5 Å². The van der Waals surface area contributed by atoms with Gasteiger partial charge in [0.25, 0.3) is 11.8 Å². The molecule has 0 aliphatic carbocycles. The summed E-state index contributed by atoms with van der Waals surface area (Å²) < 4.78 is 30.5. The number of fused-ring (bicyclic) bond motifs is 1. The van der Waals surface area contributed by atoms with Gasteiger partial charge in [0.1, 0.15) is 53.1 Å². The number of nitrogens with zero attached hydrogens (tertiary/aromatic N) is 2. The molecule has 2 heterocycles. The third-order valence-electron chi connectivity index (χ3n) is 8.33. The standard InChI is InChI=1S/C22H25B7ClF2N3O4/c23-14-12(17(26)35(29)20(39)21(31,32)7-1-3-8(30)4-2-7)16(25)15(24)11-13(14)22(27,28)34(19(11)38)9-5-6-10(36)33-18(9)37/h1-4,9,17H,5-6,23-29H2,(H,33,36,37). The maximum atomic E-state index is 15.3. The molecule has 0 aromatic heterocycles. The van der Waals surface area contributed by atoms with Crippen LogP contribution in [0.2, 0.25) is 5.02 Å². The first-order valence-corrected chi connectivity index (χ1v) is 13.1.